The standard InChI is InChI=1S/C12H15ClN2/c13-10-1-2-11-9(5-10)6-12-8(7-14)3-4-15(11)12/h1-2,5,8,12H,3-4,6-7,14H2. The molecule has 80 valence electrons. The van der Waals surface area contributed by atoms with E-state index < -0.39 is 0 Å². The number of fused-ring (bicyclic) bond motifs is 3. The number of hydrogen-bond donors (Lipinski definition) is 1. The lowest BCUT2D eigenvalue weighted by atomic mass is 9.97. The first-order valence-electron chi connectivity index (χ1n) is 5.54. The normalized spacial score (nSPS) is 28.0. The van der Waals surface area contributed by atoms with Gasteiger partial charge >= 0.3 is 0 Å². The van der Waals surface area contributed by atoms with Crippen molar-refractivity contribution >= 4 is 17.3 Å². The van der Waals surface area contributed by atoms with Gasteiger partial charge in [-0.2, -0.15) is 0 Å². The molecule has 2 nitrogen and oxygen atoms in total. The van der Waals surface area contributed by atoms with Gasteiger partial charge in [0.1, 0.15) is 0 Å². The Labute approximate surface area is 95.0 Å². The van der Waals surface area contributed by atoms with Crippen LogP contribution in [0, 0.1) is 5.92 Å². The van der Waals surface area contributed by atoms with E-state index in [4.69, 9.17) is 17.3 Å². The van der Waals surface area contributed by atoms with Gasteiger partial charge in [0.25, 0.3) is 0 Å². The summed E-state index contributed by atoms with van der Waals surface area (Å²) in [6.45, 7) is 1.96. The maximum Gasteiger partial charge on any atom is 0.0410 e. The first kappa shape index (κ1) is 9.49. The molecule has 2 aliphatic heterocycles. The molecule has 2 N–H and O–H groups in total. The van der Waals surface area contributed by atoms with Gasteiger partial charge < -0.3 is 10.6 Å². The minimum absolute atomic E-state index is 0.628. The van der Waals surface area contributed by atoms with E-state index in [1.807, 2.05) is 6.07 Å². The van der Waals surface area contributed by atoms with Crippen molar-refractivity contribution in [1.82, 2.24) is 0 Å². The van der Waals surface area contributed by atoms with Gasteiger partial charge in [0.05, 0.1) is 0 Å². The van der Waals surface area contributed by atoms with Crippen molar-refractivity contribution in [2.45, 2.75) is 18.9 Å². The molecular weight excluding hydrogens is 208 g/mol. The fourth-order valence-corrected chi connectivity index (χ4v) is 3.19. The predicted octanol–water partition coefficient (Wildman–Crippen LogP) is 2.05. The van der Waals surface area contributed by atoms with Crippen LogP contribution in [0.25, 0.3) is 0 Å². The summed E-state index contributed by atoms with van der Waals surface area (Å²) in [6, 6.07) is 6.86. The third kappa shape index (κ3) is 1.35. The average Bonchev–Trinajstić information content (AvgIpc) is 2.74. The van der Waals surface area contributed by atoms with Crippen molar-refractivity contribution < 1.29 is 0 Å². The van der Waals surface area contributed by atoms with Crippen LogP contribution in [0.4, 0.5) is 5.69 Å². The average molecular weight is 223 g/mol. The third-order valence-corrected chi connectivity index (χ3v) is 4.00. The van der Waals surface area contributed by atoms with Gasteiger partial charge in [0, 0.05) is 23.3 Å². The molecule has 3 heteroatoms. The Morgan fingerprint density at radius 2 is 2.33 bits per heavy atom. The quantitative estimate of drug-likeness (QED) is 0.788. The zero-order chi connectivity index (χ0) is 10.4. The van der Waals surface area contributed by atoms with E-state index in [1.54, 1.807) is 0 Å². The molecule has 2 heterocycles. The van der Waals surface area contributed by atoms with Crippen molar-refractivity contribution in [2.75, 3.05) is 18.0 Å². The summed E-state index contributed by atoms with van der Waals surface area (Å²) in [5, 5.41) is 0.847. The highest BCUT2D eigenvalue weighted by Gasteiger charge is 2.38. The summed E-state index contributed by atoms with van der Waals surface area (Å²) >= 11 is 6.01. The molecular formula is C12H15ClN2. The molecule has 0 spiro atoms. The van der Waals surface area contributed by atoms with Crippen LogP contribution in [-0.4, -0.2) is 19.1 Å². The molecule has 0 saturated carbocycles. The fraction of sp³-hybridized carbons (Fsp3) is 0.500. The van der Waals surface area contributed by atoms with E-state index in [0.29, 0.717) is 12.0 Å². The van der Waals surface area contributed by atoms with Crippen LogP contribution in [0.3, 0.4) is 0 Å². The monoisotopic (exact) mass is 222 g/mol. The highest BCUT2D eigenvalue weighted by atomic mass is 35.5. The summed E-state index contributed by atoms with van der Waals surface area (Å²) in [5.41, 5.74) is 8.57. The molecule has 2 atom stereocenters. The summed E-state index contributed by atoms with van der Waals surface area (Å²) in [5.74, 6) is 0.663. The molecule has 1 saturated heterocycles. The van der Waals surface area contributed by atoms with Gasteiger partial charge in [-0.15, -0.1) is 0 Å². The second-order valence-electron chi connectivity index (χ2n) is 4.52. The van der Waals surface area contributed by atoms with Crippen LogP contribution in [0.1, 0.15) is 12.0 Å². The van der Waals surface area contributed by atoms with Gasteiger partial charge in [-0.1, -0.05) is 11.6 Å². The lowest BCUT2D eigenvalue weighted by Crippen LogP contribution is -2.32. The van der Waals surface area contributed by atoms with Crippen LogP contribution in [-0.2, 0) is 6.42 Å². The molecule has 1 aromatic rings. The minimum atomic E-state index is 0.628. The van der Waals surface area contributed by atoms with Crippen molar-refractivity contribution in [3.8, 4) is 0 Å². The van der Waals surface area contributed by atoms with Crippen LogP contribution in [0.5, 0.6) is 0 Å². The molecule has 3 rings (SSSR count). The first-order chi connectivity index (χ1) is 7.29. The van der Waals surface area contributed by atoms with E-state index in [0.717, 1.165) is 24.5 Å². The molecule has 2 unspecified atom stereocenters. The van der Waals surface area contributed by atoms with Gasteiger partial charge in [-0.25, -0.2) is 0 Å². The minimum Gasteiger partial charge on any atom is -0.368 e. The lowest BCUT2D eigenvalue weighted by molar-refractivity contribution is 0.491. The van der Waals surface area contributed by atoms with Gasteiger partial charge in [0.2, 0.25) is 0 Å². The number of hydrogen-bond acceptors (Lipinski definition) is 2. The zero-order valence-corrected chi connectivity index (χ0v) is 9.37. The van der Waals surface area contributed by atoms with Gasteiger partial charge in [-0.05, 0) is 49.1 Å². The molecule has 1 aromatic carbocycles. The highest BCUT2D eigenvalue weighted by Crippen LogP contribution is 2.41. The smallest absolute Gasteiger partial charge is 0.0410 e. The Morgan fingerprint density at radius 3 is 3.13 bits per heavy atom. The number of nitrogens with two attached hydrogens (primary N) is 1. The van der Waals surface area contributed by atoms with Crippen molar-refractivity contribution in [3.63, 3.8) is 0 Å². The molecule has 15 heavy (non-hydrogen) atoms. The van der Waals surface area contributed by atoms with E-state index >= 15 is 0 Å². The number of halogens is 1. The van der Waals surface area contributed by atoms with E-state index in [9.17, 15) is 0 Å². The highest BCUT2D eigenvalue weighted by molar-refractivity contribution is 6.30. The van der Waals surface area contributed by atoms with Crippen LogP contribution < -0.4 is 10.6 Å². The number of nitrogens with zero attached hydrogens (tertiary/aromatic N) is 1. The maximum absolute atomic E-state index is 6.01. The summed E-state index contributed by atoms with van der Waals surface area (Å²) < 4.78 is 0. The number of rotatable bonds is 1. The molecule has 0 aliphatic carbocycles. The number of benzene rings is 1. The number of anilines is 1. The topological polar surface area (TPSA) is 29.3 Å². The Morgan fingerprint density at radius 1 is 1.47 bits per heavy atom. The zero-order valence-electron chi connectivity index (χ0n) is 8.62. The Kier molecular flexibility index (Phi) is 2.15. The van der Waals surface area contributed by atoms with Crippen molar-refractivity contribution in [3.05, 3.63) is 28.8 Å². The maximum atomic E-state index is 6.01. The molecule has 0 aromatic heterocycles. The van der Waals surface area contributed by atoms with Gasteiger partial charge in [0.15, 0.2) is 0 Å². The summed E-state index contributed by atoms with van der Waals surface area (Å²) in [6.07, 6.45) is 2.36. The van der Waals surface area contributed by atoms with E-state index in [1.165, 1.54) is 17.7 Å². The lowest BCUT2D eigenvalue weighted by Gasteiger charge is -2.21. The molecule has 0 bridgehead atoms. The second kappa shape index (κ2) is 3.39. The predicted molar refractivity (Wildman–Crippen MR) is 63.5 cm³/mol. The summed E-state index contributed by atoms with van der Waals surface area (Å²) in [4.78, 5) is 2.50. The second-order valence-corrected chi connectivity index (χ2v) is 4.96. The Balaban J connectivity index is 1.97. The van der Waals surface area contributed by atoms with Gasteiger partial charge in [-0.3, -0.25) is 0 Å². The van der Waals surface area contributed by atoms with Crippen molar-refractivity contribution in [1.29, 1.82) is 0 Å². The van der Waals surface area contributed by atoms with Crippen LogP contribution in [0.15, 0.2) is 18.2 Å². The largest absolute Gasteiger partial charge is 0.368 e. The van der Waals surface area contributed by atoms with Crippen molar-refractivity contribution in [2.24, 2.45) is 11.7 Å². The first-order valence-corrected chi connectivity index (χ1v) is 5.92. The summed E-state index contributed by atoms with van der Waals surface area (Å²) in [7, 11) is 0. The van der Waals surface area contributed by atoms with Crippen LogP contribution >= 0.6 is 11.6 Å². The Bertz CT molecular complexity index is 391. The SMILES string of the molecule is NCC1CCN2c3ccc(Cl)cc3CC12. The third-order valence-electron chi connectivity index (χ3n) is 3.77. The molecule has 2 aliphatic rings. The fourth-order valence-electron chi connectivity index (χ4n) is 2.99. The van der Waals surface area contributed by atoms with E-state index in [2.05, 4.69) is 17.0 Å². The molecule has 0 radical (unpaired) electrons. The Hall–Kier alpha value is -0.730. The van der Waals surface area contributed by atoms with Crippen LogP contribution in [0.2, 0.25) is 5.02 Å². The van der Waals surface area contributed by atoms with E-state index in [-0.39, 0.29) is 0 Å². The molecule has 1 fully saturated rings. The molecule has 0 amide bonds.